The molecule has 0 saturated carbocycles. The molecule has 12 heavy (non-hydrogen) atoms. The van der Waals surface area contributed by atoms with Gasteiger partial charge < -0.3 is 10.6 Å². The zero-order chi connectivity index (χ0) is 8.23. The fraction of sp³-hybridized carbons (Fsp3) is 0.625. The first-order valence-electron chi connectivity index (χ1n) is 4.20. The van der Waals surface area contributed by atoms with Crippen LogP contribution in [0.2, 0.25) is 0 Å². The zero-order valence-electron chi connectivity index (χ0n) is 6.88. The summed E-state index contributed by atoms with van der Waals surface area (Å²) in [6.07, 6.45) is 5.49. The van der Waals surface area contributed by atoms with E-state index >= 15 is 0 Å². The fourth-order valence-corrected chi connectivity index (χ4v) is 3.51. The van der Waals surface area contributed by atoms with E-state index in [0.717, 1.165) is 18.2 Å². The minimum absolute atomic E-state index is 0.709. The van der Waals surface area contributed by atoms with Crippen molar-refractivity contribution in [3.8, 4) is 0 Å². The molecule has 1 radical (unpaired) electrons. The summed E-state index contributed by atoms with van der Waals surface area (Å²) in [6.45, 7) is 1.16. The van der Waals surface area contributed by atoms with Crippen LogP contribution in [-0.4, -0.2) is 23.4 Å². The van der Waals surface area contributed by atoms with E-state index < -0.39 is 0 Å². The first-order valence-corrected chi connectivity index (χ1v) is 6.24. The Balaban J connectivity index is 1.85. The van der Waals surface area contributed by atoms with Gasteiger partial charge in [0.15, 0.2) is 0 Å². The number of hydrogen-bond acceptors (Lipinski definition) is 4. The predicted octanol–water partition coefficient (Wildman–Crippen LogP) is 1.38. The van der Waals surface area contributed by atoms with Gasteiger partial charge in [-0.1, -0.05) is 6.08 Å². The molecule has 2 aliphatic heterocycles. The average molecular weight is 201 g/mol. The quantitative estimate of drug-likeness (QED) is 0.669. The van der Waals surface area contributed by atoms with E-state index in [4.69, 9.17) is 0 Å². The van der Waals surface area contributed by atoms with Crippen LogP contribution >= 0.6 is 23.5 Å². The van der Waals surface area contributed by atoms with Gasteiger partial charge in [0.25, 0.3) is 0 Å². The Kier molecular flexibility index (Phi) is 3.25. The van der Waals surface area contributed by atoms with Crippen LogP contribution in [0.3, 0.4) is 0 Å². The van der Waals surface area contributed by atoms with Gasteiger partial charge in [-0.2, -0.15) is 0 Å². The number of rotatable bonds is 1. The lowest BCUT2D eigenvalue weighted by Gasteiger charge is -2.30. The Hall–Kier alpha value is 0.200. The monoisotopic (exact) mass is 201 g/mol. The topological polar surface area (TPSA) is 24.1 Å². The summed E-state index contributed by atoms with van der Waals surface area (Å²) in [5, 5.41) is 8.85. The lowest BCUT2D eigenvalue weighted by atomic mass is 10.3. The zero-order valence-corrected chi connectivity index (χ0v) is 8.51. The second-order valence-electron chi connectivity index (χ2n) is 2.81. The highest BCUT2D eigenvalue weighted by molar-refractivity contribution is 8.05. The molecular weight excluding hydrogens is 188 g/mol. The van der Waals surface area contributed by atoms with E-state index in [2.05, 4.69) is 22.9 Å². The summed E-state index contributed by atoms with van der Waals surface area (Å²) in [6, 6.07) is 0. The van der Waals surface area contributed by atoms with Crippen LogP contribution in [0.4, 0.5) is 0 Å². The SMILES string of the molecule is C1=CN[C](C2CCNCS2)SC1. The summed E-state index contributed by atoms with van der Waals surface area (Å²) in [7, 11) is 0. The van der Waals surface area contributed by atoms with Crippen LogP contribution in [-0.2, 0) is 0 Å². The van der Waals surface area contributed by atoms with Crippen molar-refractivity contribution < 1.29 is 0 Å². The molecule has 0 aromatic rings. The molecule has 0 aliphatic carbocycles. The molecule has 4 heteroatoms. The average Bonchev–Trinajstić information content (AvgIpc) is 2.21. The molecule has 1 fully saturated rings. The molecule has 0 spiro atoms. The summed E-state index contributed by atoms with van der Waals surface area (Å²) in [5.74, 6) is 2.23. The summed E-state index contributed by atoms with van der Waals surface area (Å²) >= 11 is 3.94. The van der Waals surface area contributed by atoms with Crippen molar-refractivity contribution in [1.82, 2.24) is 10.6 Å². The Bertz CT molecular complexity index is 166. The molecule has 1 saturated heterocycles. The maximum Gasteiger partial charge on any atom is 0.129 e. The molecule has 0 bridgehead atoms. The second kappa shape index (κ2) is 4.44. The van der Waals surface area contributed by atoms with E-state index in [-0.39, 0.29) is 0 Å². The van der Waals surface area contributed by atoms with Gasteiger partial charge >= 0.3 is 0 Å². The van der Waals surface area contributed by atoms with Crippen LogP contribution in [0.25, 0.3) is 0 Å². The molecule has 0 amide bonds. The molecule has 0 aromatic carbocycles. The first kappa shape index (κ1) is 8.78. The molecular formula is C8H13N2S2. The van der Waals surface area contributed by atoms with Crippen molar-refractivity contribution in [2.24, 2.45) is 0 Å². The molecule has 1 atom stereocenters. The van der Waals surface area contributed by atoms with Crippen LogP contribution in [0.1, 0.15) is 6.42 Å². The van der Waals surface area contributed by atoms with Gasteiger partial charge in [0.05, 0.1) is 0 Å². The Morgan fingerprint density at radius 2 is 2.50 bits per heavy atom. The Labute approximate surface area is 81.9 Å². The number of thioether (sulfide) groups is 2. The largest absolute Gasteiger partial charge is 0.373 e. The third kappa shape index (κ3) is 2.12. The van der Waals surface area contributed by atoms with E-state index in [1.54, 1.807) is 0 Å². The van der Waals surface area contributed by atoms with Crippen LogP contribution < -0.4 is 10.6 Å². The highest BCUT2D eigenvalue weighted by Crippen LogP contribution is 2.33. The number of nitrogens with one attached hydrogen (secondary N) is 2. The van der Waals surface area contributed by atoms with Gasteiger partial charge in [-0.15, -0.1) is 23.5 Å². The normalized spacial score (nSPS) is 31.5. The van der Waals surface area contributed by atoms with E-state index in [9.17, 15) is 0 Å². The third-order valence-electron chi connectivity index (χ3n) is 1.94. The molecule has 67 valence electrons. The molecule has 2 nitrogen and oxygen atoms in total. The van der Waals surface area contributed by atoms with Crippen molar-refractivity contribution in [2.75, 3.05) is 18.2 Å². The standard InChI is InChI=1S/C8H13N2S2/c1-3-10-8(11-5-1)7-2-4-9-6-12-7/h1,3,7,9-10H,2,4-6H2. The van der Waals surface area contributed by atoms with Gasteiger partial charge in [0, 0.05) is 16.9 Å². The molecule has 2 N–H and O–H groups in total. The van der Waals surface area contributed by atoms with Crippen molar-refractivity contribution in [2.45, 2.75) is 11.7 Å². The van der Waals surface area contributed by atoms with Gasteiger partial charge in [-0.25, -0.2) is 0 Å². The molecule has 2 aliphatic rings. The van der Waals surface area contributed by atoms with Crippen LogP contribution in [0.5, 0.6) is 0 Å². The third-order valence-corrected chi connectivity index (χ3v) is 4.41. The minimum Gasteiger partial charge on any atom is -0.373 e. The molecule has 2 heterocycles. The maximum atomic E-state index is 3.35. The Morgan fingerprint density at radius 3 is 3.17 bits per heavy atom. The summed E-state index contributed by atoms with van der Waals surface area (Å²) in [5.41, 5.74) is 0. The van der Waals surface area contributed by atoms with Crippen molar-refractivity contribution in [1.29, 1.82) is 0 Å². The molecule has 0 aromatic heterocycles. The van der Waals surface area contributed by atoms with Crippen molar-refractivity contribution in [3.63, 3.8) is 0 Å². The van der Waals surface area contributed by atoms with Crippen LogP contribution in [0.15, 0.2) is 12.3 Å². The minimum atomic E-state index is 0.709. The first-order chi connectivity index (χ1) is 5.97. The van der Waals surface area contributed by atoms with Crippen molar-refractivity contribution in [3.05, 3.63) is 17.6 Å². The van der Waals surface area contributed by atoms with Gasteiger partial charge in [-0.3, -0.25) is 0 Å². The second-order valence-corrected chi connectivity index (χ2v) is 5.06. The molecule has 2 rings (SSSR count). The van der Waals surface area contributed by atoms with Gasteiger partial charge in [0.2, 0.25) is 0 Å². The number of hydrogen-bond donors (Lipinski definition) is 2. The van der Waals surface area contributed by atoms with Crippen LogP contribution in [0, 0.1) is 5.37 Å². The Morgan fingerprint density at radius 1 is 1.50 bits per heavy atom. The van der Waals surface area contributed by atoms with Gasteiger partial charge in [0.1, 0.15) is 5.37 Å². The molecule has 1 unspecified atom stereocenters. The summed E-state index contributed by atoms with van der Waals surface area (Å²) < 4.78 is 0. The van der Waals surface area contributed by atoms with Crippen molar-refractivity contribution >= 4 is 23.5 Å². The van der Waals surface area contributed by atoms with E-state index in [1.807, 2.05) is 23.5 Å². The van der Waals surface area contributed by atoms with Gasteiger partial charge in [-0.05, 0) is 19.2 Å². The predicted molar refractivity (Wildman–Crippen MR) is 56.8 cm³/mol. The maximum absolute atomic E-state index is 3.35. The highest BCUT2D eigenvalue weighted by Gasteiger charge is 2.25. The summed E-state index contributed by atoms with van der Waals surface area (Å²) in [4.78, 5) is 0. The lowest BCUT2D eigenvalue weighted by Crippen LogP contribution is -2.34. The fourth-order valence-electron chi connectivity index (χ4n) is 1.31. The smallest absolute Gasteiger partial charge is 0.129 e. The van der Waals surface area contributed by atoms with E-state index in [0.29, 0.717) is 5.25 Å². The lowest BCUT2D eigenvalue weighted by molar-refractivity contribution is 0.664. The van der Waals surface area contributed by atoms with E-state index in [1.165, 1.54) is 11.8 Å². The highest BCUT2D eigenvalue weighted by atomic mass is 32.2.